The van der Waals surface area contributed by atoms with E-state index in [1.165, 1.54) is 7.11 Å². The van der Waals surface area contributed by atoms with E-state index >= 15 is 0 Å². The molecule has 0 radical (unpaired) electrons. The van der Waals surface area contributed by atoms with Gasteiger partial charge < -0.3 is 14.8 Å². The molecule has 1 amide bonds. The van der Waals surface area contributed by atoms with Crippen LogP contribution >= 0.6 is 0 Å². The normalized spacial score (nSPS) is 20.9. The first-order chi connectivity index (χ1) is 8.70. The number of ether oxygens (including phenoxy) is 2. The third-order valence-corrected chi connectivity index (χ3v) is 2.81. The van der Waals surface area contributed by atoms with Gasteiger partial charge in [-0.05, 0) is 12.0 Å². The number of benzene rings is 1. The van der Waals surface area contributed by atoms with Crippen LogP contribution in [0.3, 0.4) is 0 Å². The van der Waals surface area contributed by atoms with Crippen LogP contribution in [0.25, 0.3) is 0 Å². The number of carbonyl (C=O) groups is 2. The highest BCUT2D eigenvalue weighted by atomic mass is 16.5. The smallest absolute Gasteiger partial charge is 0.407 e. The lowest BCUT2D eigenvalue weighted by Gasteiger charge is -2.06. The summed E-state index contributed by atoms with van der Waals surface area (Å²) in [6.07, 6.45) is 0.114. The largest absolute Gasteiger partial charge is 0.469 e. The maximum Gasteiger partial charge on any atom is 0.407 e. The topological polar surface area (TPSA) is 64.6 Å². The maximum absolute atomic E-state index is 11.4. The Hall–Kier alpha value is -2.04. The maximum atomic E-state index is 11.4. The third kappa shape index (κ3) is 3.23. The molecule has 96 valence electrons. The minimum atomic E-state index is -0.504. The Bertz CT molecular complexity index is 432. The van der Waals surface area contributed by atoms with Crippen molar-refractivity contribution in [2.24, 2.45) is 5.92 Å². The first kappa shape index (κ1) is 12.4. The zero-order valence-electron chi connectivity index (χ0n) is 10.1. The summed E-state index contributed by atoms with van der Waals surface area (Å²) in [7, 11) is 1.34. The molecular formula is C13H15NO4. The lowest BCUT2D eigenvalue weighted by Crippen LogP contribution is -2.28. The number of carbonyl (C=O) groups excluding carboxylic acids is 2. The predicted octanol–water partition coefficient (Wildman–Crippen LogP) is 1.47. The number of rotatable bonds is 4. The Labute approximate surface area is 105 Å². The summed E-state index contributed by atoms with van der Waals surface area (Å²) < 4.78 is 9.62. The van der Waals surface area contributed by atoms with Crippen molar-refractivity contribution in [1.29, 1.82) is 0 Å². The molecule has 1 N–H and O–H groups in total. The predicted molar refractivity (Wildman–Crippen MR) is 63.7 cm³/mol. The number of methoxy groups -OCH3 is 1. The molecule has 0 aromatic heterocycles. The van der Waals surface area contributed by atoms with Gasteiger partial charge in [0.05, 0.1) is 13.0 Å². The fourth-order valence-corrected chi connectivity index (χ4v) is 1.68. The summed E-state index contributed by atoms with van der Waals surface area (Å²) in [6, 6.07) is 9.26. The number of hydrogen-bond acceptors (Lipinski definition) is 4. The molecule has 1 aliphatic rings. The summed E-state index contributed by atoms with van der Waals surface area (Å²) in [6.45, 7) is 0.224. The van der Waals surface area contributed by atoms with Gasteiger partial charge in [0.25, 0.3) is 0 Å². The van der Waals surface area contributed by atoms with Crippen molar-refractivity contribution in [2.45, 2.75) is 19.1 Å². The van der Waals surface area contributed by atoms with Crippen LogP contribution in [0.4, 0.5) is 4.79 Å². The van der Waals surface area contributed by atoms with Crippen LogP contribution in [-0.4, -0.2) is 25.2 Å². The van der Waals surface area contributed by atoms with Crippen LogP contribution < -0.4 is 5.32 Å². The molecule has 2 atom stereocenters. The molecular weight excluding hydrogens is 234 g/mol. The highest BCUT2D eigenvalue weighted by Gasteiger charge is 2.45. The second-order valence-corrected chi connectivity index (χ2v) is 4.18. The van der Waals surface area contributed by atoms with Crippen molar-refractivity contribution in [3.63, 3.8) is 0 Å². The van der Waals surface area contributed by atoms with Gasteiger partial charge >= 0.3 is 12.1 Å². The second kappa shape index (κ2) is 5.53. The van der Waals surface area contributed by atoms with Crippen LogP contribution in [0.5, 0.6) is 0 Å². The van der Waals surface area contributed by atoms with E-state index in [2.05, 4.69) is 10.1 Å². The molecule has 18 heavy (non-hydrogen) atoms. The molecule has 5 heteroatoms. The van der Waals surface area contributed by atoms with E-state index < -0.39 is 6.09 Å². The van der Waals surface area contributed by atoms with Crippen molar-refractivity contribution in [1.82, 2.24) is 5.32 Å². The summed E-state index contributed by atoms with van der Waals surface area (Å²) in [4.78, 5) is 22.6. The Morgan fingerprint density at radius 3 is 2.72 bits per heavy atom. The van der Waals surface area contributed by atoms with Crippen LogP contribution in [0, 0.1) is 5.92 Å². The van der Waals surface area contributed by atoms with Crippen LogP contribution in [0.2, 0.25) is 0 Å². The number of alkyl carbamates (subject to hydrolysis) is 1. The van der Waals surface area contributed by atoms with Crippen molar-refractivity contribution in [3.05, 3.63) is 35.9 Å². The van der Waals surface area contributed by atoms with Gasteiger partial charge in [-0.15, -0.1) is 0 Å². The minimum Gasteiger partial charge on any atom is -0.469 e. The molecule has 0 heterocycles. The molecule has 1 fully saturated rings. The lowest BCUT2D eigenvalue weighted by atomic mass is 10.2. The van der Waals surface area contributed by atoms with Gasteiger partial charge in [0.15, 0.2) is 0 Å². The molecule has 0 saturated heterocycles. The van der Waals surface area contributed by atoms with Crippen LogP contribution in [0.1, 0.15) is 12.0 Å². The molecule has 0 spiro atoms. The third-order valence-electron chi connectivity index (χ3n) is 2.81. The molecule has 0 bridgehead atoms. The average molecular weight is 249 g/mol. The standard InChI is InChI=1S/C13H15NO4/c1-17-12(15)10-7-11(10)14-13(16)18-8-9-5-3-2-4-6-9/h2-6,10-11H,7-8H2,1H3,(H,14,16)/t10-,11-/m1/s1. The van der Waals surface area contributed by atoms with Gasteiger partial charge in [0, 0.05) is 6.04 Å². The molecule has 5 nitrogen and oxygen atoms in total. The molecule has 2 rings (SSSR count). The highest BCUT2D eigenvalue weighted by Crippen LogP contribution is 2.31. The van der Waals surface area contributed by atoms with Crippen LogP contribution in [-0.2, 0) is 20.9 Å². The molecule has 0 unspecified atom stereocenters. The molecule has 1 aromatic rings. The SMILES string of the molecule is COC(=O)[C@@H]1C[C@H]1NC(=O)OCc1ccccc1. The summed E-state index contributed by atoms with van der Waals surface area (Å²) in [5.41, 5.74) is 0.924. The first-order valence-corrected chi connectivity index (χ1v) is 5.75. The highest BCUT2D eigenvalue weighted by molar-refractivity contribution is 5.78. The Morgan fingerprint density at radius 2 is 2.06 bits per heavy atom. The number of hydrogen-bond donors (Lipinski definition) is 1. The zero-order valence-corrected chi connectivity index (χ0v) is 10.1. The average Bonchev–Trinajstić information content (AvgIpc) is 3.16. The zero-order chi connectivity index (χ0) is 13.0. The number of amides is 1. The van der Waals surface area contributed by atoms with E-state index in [-0.39, 0.29) is 24.5 Å². The molecule has 1 aliphatic carbocycles. The fraction of sp³-hybridized carbons (Fsp3) is 0.385. The number of esters is 1. The van der Waals surface area contributed by atoms with Gasteiger partial charge in [-0.1, -0.05) is 30.3 Å². The molecule has 1 aromatic carbocycles. The van der Waals surface area contributed by atoms with Crippen molar-refractivity contribution < 1.29 is 19.1 Å². The fourth-order valence-electron chi connectivity index (χ4n) is 1.68. The lowest BCUT2D eigenvalue weighted by molar-refractivity contribution is -0.142. The van der Waals surface area contributed by atoms with E-state index in [4.69, 9.17) is 4.74 Å². The van der Waals surface area contributed by atoms with E-state index in [9.17, 15) is 9.59 Å². The van der Waals surface area contributed by atoms with Crippen molar-refractivity contribution in [3.8, 4) is 0 Å². The Morgan fingerprint density at radius 1 is 1.33 bits per heavy atom. The minimum absolute atomic E-state index is 0.152. The van der Waals surface area contributed by atoms with Crippen molar-refractivity contribution >= 4 is 12.1 Å². The summed E-state index contributed by atoms with van der Waals surface area (Å²) >= 11 is 0. The number of nitrogens with one attached hydrogen (secondary N) is 1. The monoisotopic (exact) mass is 249 g/mol. The van der Waals surface area contributed by atoms with E-state index in [1.807, 2.05) is 30.3 Å². The molecule has 1 saturated carbocycles. The molecule has 0 aliphatic heterocycles. The van der Waals surface area contributed by atoms with Crippen molar-refractivity contribution in [2.75, 3.05) is 7.11 Å². The van der Waals surface area contributed by atoms with E-state index in [0.29, 0.717) is 6.42 Å². The summed E-state index contributed by atoms with van der Waals surface area (Å²) in [5, 5.41) is 2.63. The summed E-state index contributed by atoms with van der Waals surface area (Å²) in [5.74, 6) is -0.511. The van der Waals surface area contributed by atoms with Gasteiger partial charge in [-0.25, -0.2) is 4.79 Å². The quantitative estimate of drug-likeness (QED) is 0.821. The van der Waals surface area contributed by atoms with Crippen LogP contribution in [0.15, 0.2) is 30.3 Å². The first-order valence-electron chi connectivity index (χ1n) is 5.75. The van der Waals surface area contributed by atoms with Gasteiger partial charge in [-0.2, -0.15) is 0 Å². The second-order valence-electron chi connectivity index (χ2n) is 4.18. The van der Waals surface area contributed by atoms with E-state index in [0.717, 1.165) is 5.56 Å². The van der Waals surface area contributed by atoms with Gasteiger partial charge in [0.2, 0.25) is 0 Å². The van der Waals surface area contributed by atoms with Gasteiger partial charge in [-0.3, -0.25) is 4.79 Å². The van der Waals surface area contributed by atoms with Gasteiger partial charge in [0.1, 0.15) is 6.61 Å². The Kier molecular flexibility index (Phi) is 3.82. The van der Waals surface area contributed by atoms with E-state index in [1.54, 1.807) is 0 Å². The Balaban J connectivity index is 1.69.